The van der Waals surface area contributed by atoms with Crippen molar-refractivity contribution in [3.63, 3.8) is 0 Å². The zero-order chi connectivity index (χ0) is 13.1. The second-order valence-electron chi connectivity index (χ2n) is 5.38. The second-order valence-corrected chi connectivity index (χ2v) is 5.38. The summed E-state index contributed by atoms with van der Waals surface area (Å²) in [5, 5.41) is 10.1. The highest BCUT2D eigenvalue weighted by molar-refractivity contribution is 5.33. The first-order chi connectivity index (χ1) is 8.60. The lowest BCUT2D eigenvalue weighted by Crippen LogP contribution is -2.43. The lowest BCUT2D eigenvalue weighted by atomic mass is 9.79. The van der Waals surface area contributed by atoms with E-state index in [1.165, 1.54) is 0 Å². The molecule has 1 aliphatic rings. The molecule has 0 heterocycles. The predicted molar refractivity (Wildman–Crippen MR) is 71.0 cm³/mol. The van der Waals surface area contributed by atoms with Crippen LogP contribution in [0.1, 0.15) is 26.7 Å². The Balaban J connectivity index is 2.07. The molecule has 1 aliphatic carbocycles. The van der Waals surface area contributed by atoms with Crippen LogP contribution in [-0.4, -0.2) is 24.4 Å². The van der Waals surface area contributed by atoms with Crippen molar-refractivity contribution in [1.29, 1.82) is 0 Å². The number of methoxy groups -OCH3 is 1. The molecule has 3 heteroatoms. The molecule has 100 valence electrons. The van der Waals surface area contributed by atoms with Crippen molar-refractivity contribution < 1.29 is 14.6 Å². The molecular formula is C15H22O3. The summed E-state index contributed by atoms with van der Waals surface area (Å²) in [6, 6.07) is 7.55. The lowest BCUT2D eigenvalue weighted by molar-refractivity contribution is -0.0389. The monoisotopic (exact) mass is 250 g/mol. The number of benzene rings is 1. The van der Waals surface area contributed by atoms with Gasteiger partial charge < -0.3 is 14.6 Å². The SMILES string of the molecule is COc1cccc(OC2C(C)CC(C)CC2O)c1. The molecule has 0 aliphatic heterocycles. The van der Waals surface area contributed by atoms with E-state index in [9.17, 15) is 5.11 Å². The van der Waals surface area contributed by atoms with Crippen molar-refractivity contribution >= 4 is 0 Å². The third kappa shape index (κ3) is 2.96. The minimum absolute atomic E-state index is 0.117. The summed E-state index contributed by atoms with van der Waals surface area (Å²) in [7, 11) is 1.64. The van der Waals surface area contributed by atoms with E-state index in [1.807, 2.05) is 24.3 Å². The summed E-state index contributed by atoms with van der Waals surface area (Å²) in [5.74, 6) is 2.48. The van der Waals surface area contributed by atoms with Gasteiger partial charge in [0.15, 0.2) is 0 Å². The van der Waals surface area contributed by atoms with Gasteiger partial charge in [0.05, 0.1) is 13.2 Å². The molecule has 1 N–H and O–H groups in total. The van der Waals surface area contributed by atoms with Crippen LogP contribution < -0.4 is 9.47 Å². The minimum Gasteiger partial charge on any atom is -0.497 e. The fourth-order valence-electron chi connectivity index (χ4n) is 2.82. The first kappa shape index (κ1) is 13.2. The molecule has 1 fully saturated rings. The number of aliphatic hydroxyl groups excluding tert-OH is 1. The number of ether oxygens (including phenoxy) is 2. The maximum Gasteiger partial charge on any atom is 0.127 e. The zero-order valence-electron chi connectivity index (χ0n) is 11.3. The third-order valence-electron chi connectivity index (χ3n) is 3.67. The van der Waals surface area contributed by atoms with E-state index in [0.29, 0.717) is 11.8 Å². The van der Waals surface area contributed by atoms with Crippen LogP contribution in [0.5, 0.6) is 11.5 Å². The summed E-state index contributed by atoms with van der Waals surface area (Å²) >= 11 is 0. The summed E-state index contributed by atoms with van der Waals surface area (Å²) in [6.45, 7) is 4.32. The molecule has 0 bridgehead atoms. The Kier molecular flexibility index (Phi) is 4.12. The topological polar surface area (TPSA) is 38.7 Å². The van der Waals surface area contributed by atoms with Gasteiger partial charge in [0, 0.05) is 6.07 Å². The van der Waals surface area contributed by atoms with Gasteiger partial charge in [-0.3, -0.25) is 0 Å². The Hall–Kier alpha value is -1.22. The molecule has 1 aromatic carbocycles. The van der Waals surface area contributed by atoms with Crippen LogP contribution in [0.15, 0.2) is 24.3 Å². The van der Waals surface area contributed by atoms with Crippen molar-refractivity contribution in [1.82, 2.24) is 0 Å². The molecule has 0 radical (unpaired) electrons. The predicted octanol–water partition coefficient (Wildman–Crippen LogP) is 2.87. The first-order valence-electron chi connectivity index (χ1n) is 6.59. The number of hydrogen-bond donors (Lipinski definition) is 1. The molecule has 0 saturated heterocycles. The molecule has 4 unspecified atom stereocenters. The van der Waals surface area contributed by atoms with E-state index >= 15 is 0 Å². The van der Waals surface area contributed by atoms with Crippen LogP contribution >= 0.6 is 0 Å². The van der Waals surface area contributed by atoms with Gasteiger partial charge in [0.1, 0.15) is 17.6 Å². The van der Waals surface area contributed by atoms with Gasteiger partial charge in [-0.25, -0.2) is 0 Å². The van der Waals surface area contributed by atoms with Crippen molar-refractivity contribution in [3.05, 3.63) is 24.3 Å². The Morgan fingerprint density at radius 3 is 2.56 bits per heavy atom. The van der Waals surface area contributed by atoms with Crippen molar-refractivity contribution in [3.8, 4) is 11.5 Å². The highest BCUT2D eigenvalue weighted by Gasteiger charge is 2.34. The minimum atomic E-state index is -0.380. The van der Waals surface area contributed by atoms with Crippen LogP contribution in [0.4, 0.5) is 0 Å². The lowest BCUT2D eigenvalue weighted by Gasteiger charge is -2.36. The average molecular weight is 250 g/mol. The molecule has 18 heavy (non-hydrogen) atoms. The quantitative estimate of drug-likeness (QED) is 0.896. The van der Waals surface area contributed by atoms with E-state index in [0.717, 1.165) is 24.3 Å². The van der Waals surface area contributed by atoms with Crippen molar-refractivity contribution in [2.24, 2.45) is 11.8 Å². The van der Waals surface area contributed by atoms with E-state index in [1.54, 1.807) is 7.11 Å². The second kappa shape index (κ2) is 5.61. The molecule has 0 amide bonds. The maximum absolute atomic E-state index is 10.1. The Morgan fingerprint density at radius 1 is 1.17 bits per heavy atom. The van der Waals surface area contributed by atoms with E-state index in [2.05, 4.69) is 13.8 Å². The summed E-state index contributed by atoms with van der Waals surface area (Å²) in [5.41, 5.74) is 0. The first-order valence-corrected chi connectivity index (χ1v) is 6.59. The van der Waals surface area contributed by atoms with Crippen LogP contribution in [0, 0.1) is 11.8 Å². The van der Waals surface area contributed by atoms with E-state index < -0.39 is 0 Å². The van der Waals surface area contributed by atoms with Gasteiger partial charge in [-0.2, -0.15) is 0 Å². The molecule has 4 atom stereocenters. The average Bonchev–Trinajstić information content (AvgIpc) is 2.34. The maximum atomic E-state index is 10.1. The summed E-state index contributed by atoms with van der Waals surface area (Å²) in [4.78, 5) is 0. The van der Waals surface area contributed by atoms with Gasteiger partial charge in [-0.05, 0) is 36.8 Å². The summed E-state index contributed by atoms with van der Waals surface area (Å²) < 4.78 is 11.1. The molecule has 1 aromatic rings. The Morgan fingerprint density at radius 2 is 1.89 bits per heavy atom. The van der Waals surface area contributed by atoms with Crippen molar-refractivity contribution in [2.45, 2.75) is 38.9 Å². The highest BCUT2D eigenvalue weighted by Crippen LogP contribution is 2.32. The molecule has 0 spiro atoms. The standard InChI is InChI=1S/C15H22O3/c1-10-7-11(2)15(14(16)8-10)18-13-6-4-5-12(9-13)17-3/h4-6,9-11,14-16H,7-8H2,1-3H3. The van der Waals surface area contributed by atoms with Crippen LogP contribution in [0.3, 0.4) is 0 Å². The number of rotatable bonds is 3. The van der Waals surface area contributed by atoms with Gasteiger partial charge in [0.2, 0.25) is 0 Å². The highest BCUT2D eigenvalue weighted by atomic mass is 16.5. The summed E-state index contributed by atoms with van der Waals surface area (Å²) in [6.07, 6.45) is 1.42. The van der Waals surface area contributed by atoms with Gasteiger partial charge in [-0.1, -0.05) is 19.9 Å². The van der Waals surface area contributed by atoms with Gasteiger partial charge in [0.25, 0.3) is 0 Å². The molecule has 1 saturated carbocycles. The fraction of sp³-hybridized carbons (Fsp3) is 0.600. The normalized spacial score (nSPS) is 32.0. The smallest absolute Gasteiger partial charge is 0.127 e. The Labute approximate surface area is 109 Å². The molecule has 3 nitrogen and oxygen atoms in total. The van der Waals surface area contributed by atoms with Crippen LogP contribution in [-0.2, 0) is 0 Å². The Bertz CT molecular complexity index is 379. The van der Waals surface area contributed by atoms with Crippen LogP contribution in [0.25, 0.3) is 0 Å². The van der Waals surface area contributed by atoms with Gasteiger partial charge >= 0.3 is 0 Å². The van der Waals surface area contributed by atoms with Gasteiger partial charge in [-0.15, -0.1) is 0 Å². The fourth-order valence-corrected chi connectivity index (χ4v) is 2.82. The van der Waals surface area contributed by atoms with Crippen LogP contribution in [0.2, 0.25) is 0 Å². The van der Waals surface area contributed by atoms with E-state index in [4.69, 9.17) is 9.47 Å². The van der Waals surface area contributed by atoms with Crippen molar-refractivity contribution in [2.75, 3.05) is 7.11 Å². The zero-order valence-corrected chi connectivity index (χ0v) is 11.3. The molecule has 0 aromatic heterocycles. The number of hydrogen-bond acceptors (Lipinski definition) is 3. The molecular weight excluding hydrogens is 228 g/mol. The number of aliphatic hydroxyl groups is 1. The van der Waals surface area contributed by atoms with E-state index in [-0.39, 0.29) is 12.2 Å². The third-order valence-corrected chi connectivity index (χ3v) is 3.67. The largest absolute Gasteiger partial charge is 0.497 e. The molecule has 2 rings (SSSR count).